The predicted octanol–water partition coefficient (Wildman–Crippen LogP) is 3.91. The number of nitrogens with zero attached hydrogens (tertiary/aromatic N) is 4. The quantitative estimate of drug-likeness (QED) is 0.295. The van der Waals surface area contributed by atoms with E-state index in [2.05, 4.69) is 57.4 Å². The summed E-state index contributed by atoms with van der Waals surface area (Å²) in [6.07, 6.45) is 1.42. The van der Waals surface area contributed by atoms with Crippen LogP contribution in [0.3, 0.4) is 0 Å². The highest BCUT2D eigenvalue weighted by atomic mass is 35.5. The SMILES string of the molecule is CCc1cc(O)ccc1-c1ccc2c(-c3nc4c([nH]3)CN(C)[C@H](C(=O)N3CCNC[C@@H]3C)C4)n[nH]c2c1.Cl.Cl. The van der Waals surface area contributed by atoms with Crippen LogP contribution in [0.5, 0.6) is 5.75 Å². The lowest BCUT2D eigenvalue weighted by molar-refractivity contribution is -0.140. The van der Waals surface area contributed by atoms with Gasteiger partial charge in [-0.25, -0.2) is 4.98 Å². The minimum absolute atomic E-state index is 0. The average molecular weight is 573 g/mol. The second-order valence-corrected chi connectivity index (χ2v) is 10.3. The Labute approximate surface area is 240 Å². The average Bonchev–Trinajstić information content (AvgIpc) is 3.51. The number of imidazole rings is 1. The molecule has 2 atom stereocenters. The number of rotatable bonds is 4. The molecule has 11 heteroatoms. The zero-order valence-corrected chi connectivity index (χ0v) is 24.0. The first kappa shape index (κ1) is 28.9. The number of aromatic nitrogens is 4. The van der Waals surface area contributed by atoms with Crippen molar-refractivity contribution in [2.45, 2.75) is 45.3 Å². The Bertz CT molecular complexity index is 1480. The summed E-state index contributed by atoms with van der Waals surface area (Å²) in [5.74, 6) is 1.19. The van der Waals surface area contributed by atoms with Crippen LogP contribution >= 0.6 is 24.8 Å². The fourth-order valence-electron chi connectivity index (χ4n) is 5.71. The topological polar surface area (TPSA) is 113 Å². The van der Waals surface area contributed by atoms with Crippen LogP contribution in [-0.2, 0) is 24.2 Å². The molecule has 4 N–H and O–H groups in total. The molecule has 4 heterocycles. The number of aromatic hydroxyl groups is 1. The number of carbonyl (C=O) groups excluding carboxylic acids is 1. The molecular formula is C28H35Cl2N7O2. The minimum Gasteiger partial charge on any atom is -0.508 e. The smallest absolute Gasteiger partial charge is 0.240 e. The molecule has 0 spiro atoms. The molecular weight excluding hydrogens is 537 g/mol. The number of benzene rings is 2. The van der Waals surface area contributed by atoms with Crippen LogP contribution in [0.2, 0.25) is 0 Å². The molecule has 0 aliphatic carbocycles. The molecule has 4 aromatic rings. The van der Waals surface area contributed by atoms with E-state index in [1.54, 1.807) is 6.07 Å². The van der Waals surface area contributed by atoms with Crippen LogP contribution in [0.1, 0.15) is 30.8 Å². The summed E-state index contributed by atoms with van der Waals surface area (Å²) in [7, 11) is 2.01. The zero-order valence-electron chi connectivity index (χ0n) is 22.3. The minimum atomic E-state index is -0.208. The second-order valence-electron chi connectivity index (χ2n) is 10.3. The standard InChI is InChI=1S/C28H33N7O2.2ClH/c1-4-17-11-19(36)6-8-20(17)18-5-7-21-22(12-18)32-33-26(21)27-30-23-13-25(34(3)15-24(23)31-27)28(37)35-10-9-29-14-16(35)2;;/h5-8,11-12,16,25,29,36H,4,9-10,13-15H2,1-3H3,(H,30,31)(H,32,33);2*1H/t16-,25-;;/m0../s1. The summed E-state index contributed by atoms with van der Waals surface area (Å²) < 4.78 is 0. The maximum atomic E-state index is 13.4. The highest BCUT2D eigenvalue weighted by Gasteiger charge is 2.36. The van der Waals surface area contributed by atoms with E-state index in [-0.39, 0.29) is 48.6 Å². The van der Waals surface area contributed by atoms with E-state index >= 15 is 0 Å². The van der Waals surface area contributed by atoms with Gasteiger partial charge in [-0.2, -0.15) is 5.10 Å². The van der Waals surface area contributed by atoms with Crippen molar-refractivity contribution in [3.63, 3.8) is 0 Å². The summed E-state index contributed by atoms with van der Waals surface area (Å²) in [5, 5.41) is 22.0. The van der Waals surface area contributed by atoms with Crippen LogP contribution in [0.15, 0.2) is 36.4 Å². The molecule has 0 saturated carbocycles. The number of likely N-dealkylation sites (N-methyl/N-ethyl adjacent to an activating group) is 1. The van der Waals surface area contributed by atoms with Crippen molar-refractivity contribution in [3.05, 3.63) is 53.3 Å². The number of hydrogen-bond acceptors (Lipinski definition) is 6. The number of hydrogen-bond donors (Lipinski definition) is 4. The maximum absolute atomic E-state index is 13.4. The first-order valence-corrected chi connectivity index (χ1v) is 13.0. The number of carbonyl (C=O) groups is 1. The van der Waals surface area contributed by atoms with Gasteiger partial charge in [-0.15, -0.1) is 24.8 Å². The number of phenolic OH excluding ortho intramolecular Hbond substituents is 1. The normalized spacial score (nSPS) is 19.3. The molecule has 1 fully saturated rings. The number of H-pyrrole nitrogens is 2. The largest absolute Gasteiger partial charge is 0.508 e. The number of amides is 1. The Balaban J connectivity index is 0.00000176. The van der Waals surface area contributed by atoms with Crippen LogP contribution in [0.4, 0.5) is 0 Å². The van der Waals surface area contributed by atoms with Gasteiger partial charge < -0.3 is 20.3 Å². The Hall–Kier alpha value is -3.11. The lowest BCUT2D eigenvalue weighted by Crippen LogP contribution is -2.58. The van der Waals surface area contributed by atoms with Crippen molar-refractivity contribution in [3.8, 4) is 28.4 Å². The number of halogens is 2. The summed E-state index contributed by atoms with van der Waals surface area (Å²) in [5.41, 5.74) is 6.96. The van der Waals surface area contributed by atoms with Gasteiger partial charge >= 0.3 is 0 Å². The molecule has 0 bridgehead atoms. The molecule has 2 aliphatic heterocycles. The van der Waals surface area contributed by atoms with Crippen molar-refractivity contribution >= 4 is 41.6 Å². The third-order valence-corrected chi connectivity index (χ3v) is 7.83. The Morgan fingerprint density at radius 2 is 2.00 bits per heavy atom. The monoisotopic (exact) mass is 571 g/mol. The Kier molecular flexibility index (Phi) is 8.56. The number of piperazine rings is 1. The Morgan fingerprint density at radius 3 is 2.77 bits per heavy atom. The fourth-order valence-corrected chi connectivity index (χ4v) is 5.71. The van der Waals surface area contributed by atoms with Gasteiger partial charge in [0.2, 0.25) is 5.91 Å². The molecule has 2 aromatic heterocycles. The predicted molar refractivity (Wildman–Crippen MR) is 158 cm³/mol. The molecule has 0 radical (unpaired) electrons. The third kappa shape index (κ3) is 5.24. The molecule has 0 unspecified atom stereocenters. The maximum Gasteiger partial charge on any atom is 0.240 e. The fraction of sp³-hybridized carbons (Fsp3) is 0.393. The van der Waals surface area contributed by atoms with Gasteiger partial charge in [-0.1, -0.05) is 19.1 Å². The second kappa shape index (κ2) is 11.6. The molecule has 2 aromatic carbocycles. The first-order valence-electron chi connectivity index (χ1n) is 13.0. The van der Waals surface area contributed by atoms with Crippen molar-refractivity contribution in [2.24, 2.45) is 0 Å². The molecule has 208 valence electrons. The summed E-state index contributed by atoms with van der Waals surface area (Å²) in [4.78, 5) is 25.9. The van der Waals surface area contributed by atoms with E-state index in [9.17, 15) is 9.90 Å². The summed E-state index contributed by atoms with van der Waals surface area (Å²) in [6, 6.07) is 11.8. The molecule has 9 nitrogen and oxygen atoms in total. The number of nitrogens with one attached hydrogen (secondary N) is 3. The van der Waals surface area contributed by atoms with E-state index in [1.165, 1.54) is 0 Å². The van der Waals surface area contributed by atoms with E-state index in [0.29, 0.717) is 13.0 Å². The zero-order chi connectivity index (χ0) is 25.7. The summed E-state index contributed by atoms with van der Waals surface area (Å²) in [6.45, 7) is 7.25. The van der Waals surface area contributed by atoms with Gasteiger partial charge in [0, 0.05) is 44.0 Å². The van der Waals surface area contributed by atoms with Crippen molar-refractivity contribution in [2.75, 3.05) is 26.7 Å². The van der Waals surface area contributed by atoms with E-state index in [0.717, 1.165) is 76.6 Å². The van der Waals surface area contributed by atoms with Crippen molar-refractivity contribution < 1.29 is 9.90 Å². The Morgan fingerprint density at radius 1 is 1.18 bits per heavy atom. The lowest BCUT2D eigenvalue weighted by atomic mass is 9.97. The van der Waals surface area contributed by atoms with Gasteiger partial charge in [0.05, 0.1) is 22.9 Å². The van der Waals surface area contributed by atoms with Gasteiger partial charge in [-0.05, 0) is 61.3 Å². The van der Waals surface area contributed by atoms with Gasteiger partial charge in [0.25, 0.3) is 0 Å². The van der Waals surface area contributed by atoms with Crippen LogP contribution in [0, 0.1) is 0 Å². The van der Waals surface area contributed by atoms with Crippen LogP contribution in [-0.4, -0.2) is 79.7 Å². The number of aromatic amines is 2. The lowest BCUT2D eigenvalue weighted by Gasteiger charge is -2.39. The van der Waals surface area contributed by atoms with E-state index in [4.69, 9.17) is 4.98 Å². The third-order valence-electron chi connectivity index (χ3n) is 7.83. The number of aryl methyl sites for hydroxylation is 1. The van der Waals surface area contributed by atoms with E-state index in [1.807, 2.05) is 24.1 Å². The highest BCUT2D eigenvalue weighted by Crippen LogP contribution is 2.33. The van der Waals surface area contributed by atoms with E-state index < -0.39 is 0 Å². The van der Waals surface area contributed by atoms with Gasteiger partial charge in [0.15, 0.2) is 5.82 Å². The molecule has 6 rings (SSSR count). The summed E-state index contributed by atoms with van der Waals surface area (Å²) >= 11 is 0. The molecule has 2 aliphatic rings. The van der Waals surface area contributed by atoms with Crippen LogP contribution < -0.4 is 5.32 Å². The number of phenols is 1. The van der Waals surface area contributed by atoms with Crippen LogP contribution in [0.25, 0.3) is 33.5 Å². The van der Waals surface area contributed by atoms with Gasteiger partial charge in [-0.3, -0.25) is 14.8 Å². The molecule has 39 heavy (non-hydrogen) atoms. The number of fused-ring (bicyclic) bond motifs is 2. The van der Waals surface area contributed by atoms with Crippen molar-refractivity contribution in [1.82, 2.24) is 35.3 Å². The van der Waals surface area contributed by atoms with Gasteiger partial charge in [0.1, 0.15) is 11.4 Å². The molecule has 1 saturated heterocycles. The molecule has 1 amide bonds. The first-order chi connectivity index (χ1) is 17.9. The van der Waals surface area contributed by atoms with Crippen molar-refractivity contribution in [1.29, 1.82) is 0 Å². The highest BCUT2D eigenvalue weighted by molar-refractivity contribution is 5.94.